The molecule has 0 aliphatic heterocycles. The highest BCUT2D eigenvalue weighted by Gasteiger charge is 2.33. The topological polar surface area (TPSA) is 79.2 Å². The molecule has 6 heteroatoms. The first-order chi connectivity index (χ1) is 10.3. The molecular formula is C16H22N2O3S. The van der Waals surface area contributed by atoms with Gasteiger partial charge in [0.25, 0.3) is 0 Å². The van der Waals surface area contributed by atoms with Gasteiger partial charge in [0.2, 0.25) is 0 Å². The first-order valence-corrected chi connectivity index (χ1v) is 8.40. The Hall–Kier alpha value is -1.71. The molecule has 0 unspecified atom stereocenters. The molecule has 0 fully saturated rings. The Labute approximate surface area is 134 Å². The molecule has 1 rings (SSSR count). The highest BCUT2D eigenvalue weighted by Crippen LogP contribution is 2.21. The maximum Gasteiger partial charge on any atom is 0.324 e. The van der Waals surface area contributed by atoms with E-state index in [0.29, 0.717) is 5.56 Å². The Morgan fingerprint density at radius 1 is 1.36 bits per heavy atom. The van der Waals surface area contributed by atoms with Crippen molar-refractivity contribution >= 4 is 17.0 Å². The van der Waals surface area contributed by atoms with Crippen LogP contribution in [0.15, 0.2) is 24.3 Å². The molecule has 0 amide bonds. The second-order valence-corrected chi connectivity index (χ2v) is 7.18. The number of nitrogens with zero attached hydrogens (tertiary/aromatic N) is 1. The van der Waals surface area contributed by atoms with Crippen molar-refractivity contribution in [2.24, 2.45) is 5.41 Å². The van der Waals surface area contributed by atoms with Gasteiger partial charge in [-0.25, -0.2) is 8.93 Å². The van der Waals surface area contributed by atoms with Crippen molar-refractivity contribution in [1.29, 1.82) is 5.26 Å². The van der Waals surface area contributed by atoms with Crippen molar-refractivity contribution in [3.63, 3.8) is 0 Å². The molecule has 1 aromatic rings. The zero-order valence-electron chi connectivity index (χ0n) is 13.4. The summed E-state index contributed by atoms with van der Waals surface area (Å²) in [6, 6.07) is 8.27. The number of carbonyl (C=O) groups is 1. The summed E-state index contributed by atoms with van der Waals surface area (Å²) in [5.74, 6) is -0.138. The van der Waals surface area contributed by atoms with Gasteiger partial charge >= 0.3 is 5.97 Å². The molecule has 5 nitrogen and oxygen atoms in total. The Balaban J connectivity index is 2.74. The summed E-state index contributed by atoms with van der Waals surface area (Å²) in [5.41, 5.74) is 0.981. The van der Waals surface area contributed by atoms with Crippen LogP contribution >= 0.6 is 0 Å². The minimum absolute atomic E-state index is 0.262. The molecule has 0 aliphatic carbocycles. The normalized spacial score (nSPS) is 14.0. The number of hydrogen-bond acceptors (Lipinski definition) is 4. The number of nitriles is 1. The number of esters is 1. The van der Waals surface area contributed by atoms with E-state index in [1.54, 1.807) is 31.2 Å². The second kappa shape index (κ2) is 8.06. The fraction of sp³-hybridized carbons (Fsp3) is 0.500. The molecule has 0 saturated carbocycles. The molecule has 0 bridgehead atoms. The van der Waals surface area contributed by atoms with Crippen molar-refractivity contribution in [3.8, 4) is 6.07 Å². The summed E-state index contributed by atoms with van der Waals surface area (Å²) >= 11 is 0. The number of benzene rings is 1. The highest BCUT2D eigenvalue weighted by molar-refractivity contribution is 7.82. The summed E-state index contributed by atoms with van der Waals surface area (Å²) in [4.78, 5) is 12.0. The van der Waals surface area contributed by atoms with Crippen LogP contribution < -0.4 is 4.72 Å². The number of rotatable bonds is 6. The maximum atomic E-state index is 12.3. The van der Waals surface area contributed by atoms with E-state index in [1.807, 2.05) is 26.8 Å². The standard InChI is InChI=1S/C16H22N2O3S/c1-5-21-15(19)14(16(2,3)4)18-22(20)11-13-8-6-12(10-17)7-9-13/h6-9,14,18H,5,11H2,1-4H3/t14-,22+/m1/s1. The minimum Gasteiger partial charge on any atom is -0.465 e. The van der Waals surface area contributed by atoms with Gasteiger partial charge in [0.1, 0.15) is 6.04 Å². The molecule has 22 heavy (non-hydrogen) atoms. The number of ether oxygens (including phenoxy) is 1. The van der Waals surface area contributed by atoms with Crippen LogP contribution in [0.4, 0.5) is 0 Å². The third-order valence-corrected chi connectivity index (χ3v) is 4.11. The van der Waals surface area contributed by atoms with E-state index < -0.39 is 28.4 Å². The van der Waals surface area contributed by atoms with Gasteiger partial charge in [0.15, 0.2) is 0 Å². The molecule has 2 atom stereocenters. The van der Waals surface area contributed by atoms with Gasteiger partial charge in [-0.1, -0.05) is 32.9 Å². The summed E-state index contributed by atoms with van der Waals surface area (Å²) in [6.45, 7) is 7.70. The van der Waals surface area contributed by atoms with Crippen LogP contribution in [0.25, 0.3) is 0 Å². The van der Waals surface area contributed by atoms with Crippen molar-refractivity contribution in [1.82, 2.24) is 4.72 Å². The van der Waals surface area contributed by atoms with Gasteiger partial charge in [-0.05, 0) is 30.0 Å². The molecular weight excluding hydrogens is 300 g/mol. The molecule has 120 valence electrons. The van der Waals surface area contributed by atoms with Crippen LogP contribution in [-0.4, -0.2) is 22.8 Å². The third kappa shape index (κ3) is 5.58. The Morgan fingerprint density at radius 2 is 1.95 bits per heavy atom. The molecule has 1 N–H and O–H groups in total. The minimum atomic E-state index is -1.41. The quantitative estimate of drug-likeness (QED) is 0.815. The zero-order valence-corrected chi connectivity index (χ0v) is 14.2. The summed E-state index contributed by atoms with van der Waals surface area (Å²) in [6.07, 6.45) is 0. The van der Waals surface area contributed by atoms with E-state index in [9.17, 15) is 9.00 Å². The highest BCUT2D eigenvalue weighted by atomic mass is 32.2. The average molecular weight is 322 g/mol. The lowest BCUT2D eigenvalue weighted by Gasteiger charge is -2.28. The molecule has 0 heterocycles. The van der Waals surface area contributed by atoms with Crippen LogP contribution in [0.1, 0.15) is 38.8 Å². The fourth-order valence-corrected chi connectivity index (χ4v) is 3.10. The smallest absolute Gasteiger partial charge is 0.324 e. The van der Waals surface area contributed by atoms with E-state index in [-0.39, 0.29) is 12.4 Å². The zero-order chi connectivity index (χ0) is 16.8. The predicted molar refractivity (Wildman–Crippen MR) is 86.0 cm³/mol. The van der Waals surface area contributed by atoms with Crippen LogP contribution in [-0.2, 0) is 26.3 Å². The third-order valence-electron chi connectivity index (χ3n) is 3.02. The molecule has 0 radical (unpaired) electrons. The van der Waals surface area contributed by atoms with E-state index in [0.717, 1.165) is 5.56 Å². The van der Waals surface area contributed by atoms with Crippen molar-refractivity contribution in [2.75, 3.05) is 6.61 Å². The van der Waals surface area contributed by atoms with E-state index in [4.69, 9.17) is 10.00 Å². The largest absolute Gasteiger partial charge is 0.465 e. The van der Waals surface area contributed by atoms with Gasteiger partial charge in [0.05, 0.1) is 35.0 Å². The summed E-state index contributed by atoms with van der Waals surface area (Å²) in [5, 5.41) is 8.76. The van der Waals surface area contributed by atoms with Crippen LogP contribution in [0, 0.1) is 16.7 Å². The molecule has 0 aliphatic rings. The molecule has 0 saturated heterocycles. The second-order valence-electron chi connectivity index (χ2n) is 5.97. The summed E-state index contributed by atoms with van der Waals surface area (Å²) in [7, 11) is -1.41. The average Bonchev–Trinajstić information content (AvgIpc) is 2.44. The number of nitrogens with one attached hydrogen (secondary N) is 1. The monoisotopic (exact) mass is 322 g/mol. The van der Waals surface area contributed by atoms with Gasteiger partial charge < -0.3 is 4.74 Å². The lowest BCUT2D eigenvalue weighted by Crippen LogP contribution is -2.48. The summed E-state index contributed by atoms with van der Waals surface area (Å²) < 4.78 is 20.2. The van der Waals surface area contributed by atoms with E-state index in [1.165, 1.54) is 0 Å². The van der Waals surface area contributed by atoms with Gasteiger partial charge in [0, 0.05) is 0 Å². The maximum absolute atomic E-state index is 12.3. The van der Waals surface area contributed by atoms with Gasteiger partial charge in [-0.15, -0.1) is 0 Å². The Bertz CT molecular complexity index is 571. The lowest BCUT2D eigenvalue weighted by molar-refractivity contribution is -0.147. The first-order valence-electron chi connectivity index (χ1n) is 7.08. The predicted octanol–water partition coefficient (Wildman–Crippen LogP) is 2.29. The lowest BCUT2D eigenvalue weighted by atomic mass is 9.87. The Morgan fingerprint density at radius 3 is 2.41 bits per heavy atom. The molecule has 0 spiro atoms. The van der Waals surface area contributed by atoms with Crippen molar-refractivity contribution < 1.29 is 13.7 Å². The molecule has 0 aromatic heterocycles. The Kier molecular flexibility index (Phi) is 6.72. The van der Waals surface area contributed by atoms with Crippen LogP contribution in [0.2, 0.25) is 0 Å². The van der Waals surface area contributed by atoms with Gasteiger partial charge in [-0.3, -0.25) is 4.79 Å². The van der Waals surface area contributed by atoms with Crippen molar-refractivity contribution in [2.45, 2.75) is 39.5 Å². The SMILES string of the molecule is CCOC(=O)[C@@H](N[S@@](=O)Cc1ccc(C#N)cc1)C(C)(C)C. The van der Waals surface area contributed by atoms with Crippen LogP contribution in [0.5, 0.6) is 0 Å². The fourth-order valence-electron chi connectivity index (χ4n) is 1.80. The van der Waals surface area contributed by atoms with Crippen LogP contribution in [0.3, 0.4) is 0 Å². The number of hydrogen-bond donors (Lipinski definition) is 1. The van der Waals surface area contributed by atoms with E-state index >= 15 is 0 Å². The van der Waals surface area contributed by atoms with Crippen molar-refractivity contribution in [3.05, 3.63) is 35.4 Å². The van der Waals surface area contributed by atoms with Gasteiger partial charge in [-0.2, -0.15) is 5.26 Å². The molecule has 1 aromatic carbocycles. The van der Waals surface area contributed by atoms with E-state index in [2.05, 4.69) is 4.72 Å². The number of carbonyl (C=O) groups excluding carboxylic acids is 1. The first kappa shape index (κ1) is 18.3.